The highest BCUT2D eigenvalue weighted by atomic mass is 19.1. The van der Waals surface area contributed by atoms with Crippen LogP contribution in [-0.4, -0.2) is 29.6 Å². The molecule has 2 nitrogen and oxygen atoms in total. The van der Waals surface area contributed by atoms with E-state index in [0.29, 0.717) is 12.5 Å². The molecular formula is C16H24FNO. The average molecular weight is 265 g/mol. The molecule has 0 amide bonds. The average Bonchev–Trinajstić information content (AvgIpc) is 2.52. The predicted octanol–water partition coefficient (Wildman–Crippen LogP) is 3.16. The van der Waals surface area contributed by atoms with E-state index < -0.39 is 5.60 Å². The summed E-state index contributed by atoms with van der Waals surface area (Å²) in [5, 5.41) is 10.9. The zero-order valence-corrected chi connectivity index (χ0v) is 11.9. The summed E-state index contributed by atoms with van der Waals surface area (Å²) in [6.45, 7) is 7.09. The second kappa shape index (κ2) is 6.02. The third-order valence-corrected chi connectivity index (χ3v) is 3.80. The van der Waals surface area contributed by atoms with Crippen molar-refractivity contribution in [2.45, 2.75) is 38.7 Å². The zero-order chi connectivity index (χ0) is 13.9. The fourth-order valence-electron chi connectivity index (χ4n) is 2.95. The maximum atomic E-state index is 13.0. The molecule has 2 rings (SSSR count). The number of benzene rings is 1. The van der Waals surface area contributed by atoms with E-state index in [0.717, 1.165) is 37.9 Å². The molecule has 1 unspecified atom stereocenters. The first-order chi connectivity index (χ1) is 8.99. The summed E-state index contributed by atoms with van der Waals surface area (Å²) < 4.78 is 13.0. The van der Waals surface area contributed by atoms with Crippen LogP contribution in [0.25, 0.3) is 0 Å². The van der Waals surface area contributed by atoms with Gasteiger partial charge in [0.2, 0.25) is 0 Å². The van der Waals surface area contributed by atoms with Crippen LogP contribution in [0.15, 0.2) is 24.3 Å². The van der Waals surface area contributed by atoms with E-state index in [9.17, 15) is 9.50 Å². The summed E-state index contributed by atoms with van der Waals surface area (Å²) in [6, 6.07) is 6.30. The van der Waals surface area contributed by atoms with Gasteiger partial charge in [0.15, 0.2) is 0 Å². The lowest BCUT2D eigenvalue weighted by atomic mass is 9.89. The van der Waals surface area contributed by atoms with Crippen molar-refractivity contribution in [3.8, 4) is 0 Å². The highest BCUT2D eigenvalue weighted by Crippen LogP contribution is 2.31. The Bertz CT molecular complexity index is 404. The monoisotopic (exact) mass is 265 g/mol. The molecule has 19 heavy (non-hydrogen) atoms. The fourth-order valence-corrected chi connectivity index (χ4v) is 2.95. The number of aliphatic hydroxyl groups is 1. The lowest BCUT2D eigenvalue weighted by Gasteiger charge is -2.33. The molecule has 0 bridgehead atoms. The van der Waals surface area contributed by atoms with Gasteiger partial charge in [0, 0.05) is 13.1 Å². The van der Waals surface area contributed by atoms with Gasteiger partial charge in [-0.15, -0.1) is 0 Å². The Balaban J connectivity index is 2.17. The summed E-state index contributed by atoms with van der Waals surface area (Å²) in [4.78, 5) is 2.33. The number of β-amino-alcohol motifs (C(OH)–C–C–N with tert-alkyl or cyclic N) is 1. The summed E-state index contributed by atoms with van der Waals surface area (Å²) in [7, 11) is 0. The van der Waals surface area contributed by atoms with Crippen LogP contribution in [0.4, 0.5) is 4.39 Å². The van der Waals surface area contributed by atoms with Crippen molar-refractivity contribution < 1.29 is 9.50 Å². The summed E-state index contributed by atoms with van der Waals surface area (Å²) in [5.74, 6) is 0.343. The van der Waals surface area contributed by atoms with Crippen LogP contribution in [-0.2, 0) is 5.60 Å². The molecule has 1 aromatic rings. The largest absolute Gasteiger partial charge is 0.384 e. The van der Waals surface area contributed by atoms with Crippen molar-refractivity contribution in [1.82, 2.24) is 4.90 Å². The van der Waals surface area contributed by atoms with Gasteiger partial charge in [0.25, 0.3) is 0 Å². The normalized spacial score (nSPS) is 25.5. The summed E-state index contributed by atoms with van der Waals surface area (Å²) >= 11 is 0. The van der Waals surface area contributed by atoms with Crippen molar-refractivity contribution in [3.05, 3.63) is 35.6 Å². The quantitative estimate of drug-likeness (QED) is 0.907. The van der Waals surface area contributed by atoms with Crippen LogP contribution in [0, 0.1) is 11.7 Å². The smallest absolute Gasteiger partial charge is 0.123 e. The Morgan fingerprint density at radius 1 is 1.26 bits per heavy atom. The van der Waals surface area contributed by atoms with E-state index in [1.807, 2.05) is 0 Å². The molecule has 0 aliphatic carbocycles. The molecule has 1 aliphatic rings. The molecule has 1 heterocycles. The fraction of sp³-hybridized carbons (Fsp3) is 0.625. The number of rotatable bonds is 3. The lowest BCUT2D eigenvalue weighted by molar-refractivity contribution is -0.000364. The van der Waals surface area contributed by atoms with Gasteiger partial charge in [-0.2, -0.15) is 0 Å². The van der Waals surface area contributed by atoms with E-state index in [4.69, 9.17) is 0 Å². The minimum atomic E-state index is -0.834. The summed E-state index contributed by atoms with van der Waals surface area (Å²) in [6.07, 6.45) is 2.89. The molecule has 0 spiro atoms. The number of halogens is 1. The molecule has 1 atom stereocenters. The third kappa shape index (κ3) is 3.77. The lowest BCUT2D eigenvalue weighted by Crippen LogP contribution is -2.40. The van der Waals surface area contributed by atoms with E-state index >= 15 is 0 Å². The van der Waals surface area contributed by atoms with Gasteiger partial charge in [0.1, 0.15) is 11.4 Å². The third-order valence-electron chi connectivity index (χ3n) is 3.80. The standard InChI is InChI=1S/C16H24FNO/c1-13(2)11-18-10-4-3-9-16(19,12-18)14-5-7-15(17)8-6-14/h5-8,13,19H,3-4,9-12H2,1-2H3. The molecule has 0 aromatic heterocycles. The Labute approximate surface area is 115 Å². The highest BCUT2D eigenvalue weighted by molar-refractivity contribution is 5.23. The second-order valence-corrected chi connectivity index (χ2v) is 6.12. The van der Waals surface area contributed by atoms with E-state index in [2.05, 4.69) is 18.7 Å². The van der Waals surface area contributed by atoms with E-state index in [-0.39, 0.29) is 5.82 Å². The van der Waals surface area contributed by atoms with Crippen LogP contribution in [0.1, 0.15) is 38.7 Å². The van der Waals surface area contributed by atoms with Gasteiger partial charge in [-0.05, 0) is 49.4 Å². The molecule has 3 heteroatoms. The van der Waals surface area contributed by atoms with Crippen molar-refractivity contribution in [1.29, 1.82) is 0 Å². The molecule has 0 radical (unpaired) electrons. The van der Waals surface area contributed by atoms with Gasteiger partial charge in [-0.3, -0.25) is 4.90 Å². The minimum absolute atomic E-state index is 0.250. The molecule has 1 saturated heterocycles. The molecular weight excluding hydrogens is 241 g/mol. The van der Waals surface area contributed by atoms with Crippen molar-refractivity contribution in [2.75, 3.05) is 19.6 Å². The molecule has 1 aliphatic heterocycles. The van der Waals surface area contributed by atoms with Gasteiger partial charge >= 0.3 is 0 Å². The number of hydrogen-bond acceptors (Lipinski definition) is 2. The molecule has 1 N–H and O–H groups in total. The van der Waals surface area contributed by atoms with E-state index in [1.165, 1.54) is 12.1 Å². The maximum absolute atomic E-state index is 13.0. The van der Waals surface area contributed by atoms with Crippen LogP contribution in [0.5, 0.6) is 0 Å². The van der Waals surface area contributed by atoms with Crippen LogP contribution >= 0.6 is 0 Å². The molecule has 0 saturated carbocycles. The van der Waals surface area contributed by atoms with Gasteiger partial charge in [0.05, 0.1) is 0 Å². The first-order valence-corrected chi connectivity index (χ1v) is 7.20. The number of likely N-dealkylation sites (tertiary alicyclic amines) is 1. The van der Waals surface area contributed by atoms with Crippen LogP contribution in [0.3, 0.4) is 0 Å². The molecule has 1 fully saturated rings. The topological polar surface area (TPSA) is 23.5 Å². The Kier molecular flexibility index (Phi) is 4.58. The van der Waals surface area contributed by atoms with Gasteiger partial charge < -0.3 is 5.11 Å². The van der Waals surface area contributed by atoms with Crippen LogP contribution < -0.4 is 0 Å². The SMILES string of the molecule is CC(C)CN1CCCCC(O)(c2ccc(F)cc2)C1. The van der Waals surface area contributed by atoms with Gasteiger partial charge in [-0.25, -0.2) is 4.39 Å². The Morgan fingerprint density at radius 3 is 2.58 bits per heavy atom. The van der Waals surface area contributed by atoms with Crippen molar-refractivity contribution >= 4 is 0 Å². The Hall–Kier alpha value is -0.930. The second-order valence-electron chi connectivity index (χ2n) is 6.12. The number of nitrogens with zero attached hydrogens (tertiary/aromatic N) is 1. The van der Waals surface area contributed by atoms with E-state index in [1.54, 1.807) is 12.1 Å². The van der Waals surface area contributed by atoms with Crippen molar-refractivity contribution in [2.24, 2.45) is 5.92 Å². The van der Waals surface area contributed by atoms with Gasteiger partial charge in [-0.1, -0.05) is 26.0 Å². The minimum Gasteiger partial charge on any atom is -0.384 e. The Morgan fingerprint density at radius 2 is 1.95 bits per heavy atom. The van der Waals surface area contributed by atoms with Crippen LogP contribution in [0.2, 0.25) is 0 Å². The maximum Gasteiger partial charge on any atom is 0.123 e. The first-order valence-electron chi connectivity index (χ1n) is 7.20. The zero-order valence-electron chi connectivity index (χ0n) is 11.9. The highest BCUT2D eigenvalue weighted by Gasteiger charge is 2.33. The summed E-state index contributed by atoms with van der Waals surface area (Å²) in [5.41, 5.74) is 0.00332. The molecule has 106 valence electrons. The predicted molar refractivity (Wildman–Crippen MR) is 75.4 cm³/mol. The van der Waals surface area contributed by atoms with Crippen molar-refractivity contribution in [3.63, 3.8) is 0 Å². The molecule has 1 aromatic carbocycles. The first kappa shape index (κ1) is 14.5. The number of hydrogen-bond donors (Lipinski definition) is 1.